The number of carbonyl (C=O) groups excluding carboxylic acids is 1. The highest BCUT2D eigenvalue weighted by atomic mass is 16.5. The van der Waals surface area contributed by atoms with E-state index in [9.17, 15) is 4.79 Å². The lowest BCUT2D eigenvalue weighted by Crippen LogP contribution is -2.37. The molecule has 2 heterocycles. The van der Waals surface area contributed by atoms with Crippen molar-refractivity contribution in [1.82, 2.24) is 20.6 Å². The van der Waals surface area contributed by atoms with E-state index in [2.05, 4.69) is 15.4 Å². The number of hydrogen-bond acceptors (Lipinski definition) is 5. The lowest BCUT2D eigenvalue weighted by molar-refractivity contribution is 0.0940. The van der Waals surface area contributed by atoms with Gasteiger partial charge < -0.3 is 9.73 Å². The molecule has 0 radical (unpaired) electrons. The Balaban J connectivity index is 1.67. The SMILES string of the molecule is Cc1cc(C(=O)NCC(=Nc2ccco2)NO)n(C2CCC2)n1. The average molecular weight is 317 g/mol. The Morgan fingerprint density at radius 2 is 2.39 bits per heavy atom. The first-order valence-corrected chi connectivity index (χ1v) is 7.53. The topological polar surface area (TPSA) is 105 Å². The zero-order valence-electron chi connectivity index (χ0n) is 12.8. The largest absolute Gasteiger partial charge is 0.447 e. The van der Waals surface area contributed by atoms with Crippen molar-refractivity contribution in [2.75, 3.05) is 6.54 Å². The van der Waals surface area contributed by atoms with Crippen LogP contribution in [0.1, 0.15) is 41.5 Å². The summed E-state index contributed by atoms with van der Waals surface area (Å²) in [6.45, 7) is 1.91. The maximum absolute atomic E-state index is 12.4. The molecule has 1 fully saturated rings. The van der Waals surface area contributed by atoms with Crippen LogP contribution in [0.15, 0.2) is 33.9 Å². The fraction of sp³-hybridized carbons (Fsp3) is 0.400. The van der Waals surface area contributed by atoms with Gasteiger partial charge in [0.05, 0.1) is 24.5 Å². The molecule has 0 aromatic carbocycles. The van der Waals surface area contributed by atoms with Crippen LogP contribution in [0.25, 0.3) is 0 Å². The molecule has 1 saturated carbocycles. The molecule has 3 N–H and O–H groups in total. The van der Waals surface area contributed by atoms with Crippen molar-refractivity contribution < 1.29 is 14.4 Å². The van der Waals surface area contributed by atoms with Gasteiger partial charge in [0.25, 0.3) is 5.91 Å². The average Bonchev–Trinajstić information content (AvgIpc) is 3.11. The number of furan rings is 1. The van der Waals surface area contributed by atoms with Crippen LogP contribution in [0.4, 0.5) is 5.88 Å². The number of carbonyl (C=O) groups is 1. The van der Waals surface area contributed by atoms with Crippen LogP contribution in [0.2, 0.25) is 0 Å². The van der Waals surface area contributed by atoms with Crippen molar-refractivity contribution >= 4 is 17.6 Å². The minimum atomic E-state index is -0.250. The predicted octanol–water partition coefficient (Wildman–Crippen LogP) is 1.95. The smallest absolute Gasteiger partial charge is 0.269 e. The molecule has 3 rings (SSSR count). The molecular weight excluding hydrogens is 298 g/mol. The van der Waals surface area contributed by atoms with Gasteiger partial charge in [-0.15, -0.1) is 0 Å². The van der Waals surface area contributed by atoms with E-state index in [1.807, 2.05) is 12.4 Å². The van der Waals surface area contributed by atoms with Crippen molar-refractivity contribution in [3.05, 3.63) is 35.9 Å². The van der Waals surface area contributed by atoms with E-state index < -0.39 is 0 Å². The predicted molar refractivity (Wildman–Crippen MR) is 82.9 cm³/mol. The van der Waals surface area contributed by atoms with E-state index >= 15 is 0 Å². The van der Waals surface area contributed by atoms with Gasteiger partial charge in [-0.3, -0.25) is 20.2 Å². The Morgan fingerprint density at radius 1 is 1.57 bits per heavy atom. The standard InChI is InChI=1S/C15H19N5O3/c1-10-8-12(20(18-10)11-4-2-5-11)15(21)16-9-13(19-22)17-14-6-3-7-23-14/h3,6-8,11,22H,2,4-5,9H2,1H3,(H,16,21)(H,17,19). The second kappa shape index (κ2) is 6.66. The van der Waals surface area contributed by atoms with Crippen LogP contribution >= 0.6 is 0 Å². The van der Waals surface area contributed by atoms with Gasteiger partial charge in [-0.25, -0.2) is 0 Å². The first-order chi connectivity index (χ1) is 11.2. The minimum Gasteiger partial charge on any atom is -0.447 e. The van der Waals surface area contributed by atoms with Crippen molar-refractivity contribution in [2.24, 2.45) is 4.99 Å². The Labute approximate surface area is 133 Å². The van der Waals surface area contributed by atoms with Crippen LogP contribution in [-0.4, -0.2) is 33.3 Å². The van der Waals surface area contributed by atoms with E-state index in [0.717, 1.165) is 18.5 Å². The number of hydroxylamine groups is 1. The molecule has 2 aromatic heterocycles. The molecule has 1 amide bonds. The molecular formula is C15H19N5O3. The second-order valence-corrected chi connectivity index (χ2v) is 5.50. The van der Waals surface area contributed by atoms with E-state index in [1.165, 1.54) is 12.7 Å². The quantitative estimate of drug-likeness (QED) is 0.444. The number of nitrogens with zero attached hydrogens (tertiary/aromatic N) is 3. The van der Waals surface area contributed by atoms with Crippen LogP contribution in [-0.2, 0) is 0 Å². The van der Waals surface area contributed by atoms with Gasteiger partial charge in [-0.2, -0.15) is 10.1 Å². The van der Waals surface area contributed by atoms with Crippen molar-refractivity contribution in [3.8, 4) is 0 Å². The van der Waals surface area contributed by atoms with E-state index in [-0.39, 0.29) is 18.3 Å². The minimum absolute atomic E-state index is 0.0466. The van der Waals surface area contributed by atoms with Gasteiger partial charge in [0, 0.05) is 6.07 Å². The molecule has 0 saturated heterocycles. The molecule has 8 heteroatoms. The third-order valence-corrected chi connectivity index (χ3v) is 3.81. The van der Waals surface area contributed by atoms with E-state index in [4.69, 9.17) is 9.62 Å². The Morgan fingerprint density at radius 3 is 3.00 bits per heavy atom. The summed E-state index contributed by atoms with van der Waals surface area (Å²) in [5, 5.41) is 16.2. The fourth-order valence-corrected chi connectivity index (χ4v) is 2.42. The Kier molecular flexibility index (Phi) is 4.42. The monoisotopic (exact) mass is 317 g/mol. The lowest BCUT2D eigenvalue weighted by Gasteiger charge is -2.27. The summed E-state index contributed by atoms with van der Waals surface area (Å²) < 4.78 is 6.86. The third kappa shape index (κ3) is 3.42. The number of aliphatic imine (C=N–C) groups is 1. The summed E-state index contributed by atoms with van der Waals surface area (Å²) in [6.07, 6.45) is 4.74. The van der Waals surface area contributed by atoms with Gasteiger partial charge in [-0.05, 0) is 38.3 Å². The molecule has 122 valence electrons. The first kappa shape index (κ1) is 15.3. The summed E-state index contributed by atoms with van der Waals surface area (Å²) in [6, 6.07) is 5.40. The maximum Gasteiger partial charge on any atom is 0.269 e. The van der Waals surface area contributed by atoms with Crippen molar-refractivity contribution in [3.63, 3.8) is 0 Å². The molecule has 8 nitrogen and oxygen atoms in total. The molecule has 0 unspecified atom stereocenters. The molecule has 2 aromatic rings. The molecule has 0 spiro atoms. The van der Waals surface area contributed by atoms with Gasteiger partial charge in [0.15, 0.2) is 0 Å². The molecule has 0 atom stereocenters. The number of amides is 1. The van der Waals surface area contributed by atoms with Crippen LogP contribution in [0.3, 0.4) is 0 Å². The first-order valence-electron chi connectivity index (χ1n) is 7.53. The highest BCUT2D eigenvalue weighted by molar-refractivity contribution is 5.96. The van der Waals surface area contributed by atoms with Gasteiger partial charge in [0.2, 0.25) is 5.88 Å². The molecule has 1 aliphatic carbocycles. The van der Waals surface area contributed by atoms with E-state index in [0.29, 0.717) is 17.6 Å². The number of aryl methyl sites for hydroxylation is 1. The number of rotatable bonds is 5. The highest BCUT2D eigenvalue weighted by Crippen LogP contribution is 2.32. The summed E-state index contributed by atoms with van der Waals surface area (Å²) in [5.74, 6) is 0.269. The summed E-state index contributed by atoms with van der Waals surface area (Å²) >= 11 is 0. The normalized spacial score (nSPS) is 15.3. The van der Waals surface area contributed by atoms with E-state index in [1.54, 1.807) is 22.9 Å². The number of amidine groups is 1. The van der Waals surface area contributed by atoms with Gasteiger partial charge >= 0.3 is 0 Å². The molecule has 1 aliphatic rings. The maximum atomic E-state index is 12.4. The van der Waals surface area contributed by atoms with Crippen LogP contribution < -0.4 is 10.8 Å². The summed E-state index contributed by atoms with van der Waals surface area (Å²) in [5.41, 5.74) is 3.31. The molecule has 0 bridgehead atoms. The van der Waals surface area contributed by atoms with Crippen LogP contribution in [0, 0.1) is 6.92 Å². The summed E-state index contributed by atoms with van der Waals surface area (Å²) in [4.78, 5) is 16.4. The zero-order valence-corrected chi connectivity index (χ0v) is 12.8. The number of aromatic nitrogens is 2. The summed E-state index contributed by atoms with van der Waals surface area (Å²) in [7, 11) is 0. The molecule has 0 aliphatic heterocycles. The second-order valence-electron chi connectivity index (χ2n) is 5.50. The highest BCUT2D eigenvalue weighted by Gasteiger charge is 2.25. The van der Waals surface area contributed by atoms with Crippen molar-refractivity contribution in [1.29, 1.82) is 0 Å². The zero-order chi connectivity index (χ0) is 16.2. The number of hydrogen-bond donors (Lipinski definition) is 3. The van der Waals surface area contributed by atoms with Gasteiger partial charge in [-0.1, -0.05) is 0 Å². The van der Waals surface area contributed by atoms with Crippen LogP contribution in [0.5, 0.6) is 0 Å². The Hall–Kier alpha value is -2.61. The fourth-order valence-electron chi connectivity index (χ4n) is 2.42. The van der Waals surface area contributed by atoms with Gasteiger partial charge in [0.1, 0.15) is 11.5 Å². The third-order valence-electron chi connectivity index (χ3n) is 3.81. The number of nitrogens with one attached hydrogen (secondary N) is 2. The molecule has 23 heavy (non-hydrogen) atoms. The lowest BCUT2D eigenvalue weighted by atomic mass is 9.93. The Bertz CT molecular complexity index is 701. The van der Waals surface area contributed by atoms with Crippen molar-refractivity contribution in [2.45, 2.75) is 32.2 Å².